The van der Waals surface area contributed by atoms with Gasteiger partial charge in [0, 0.05) is 17.7 Å². The van der Waals surface area contributed by atoms with E-state index in [4.69, 9.17) is 4.74 Å². The lowest BCUT2D eigenvalue weighted by molar-refractivity contribution is 0.212. The van der Waals surface area contributed by atoms with Crippen LogP contribution in [-0.4, -0.2) is 18.0 Å². The van der Waals surface area contributed by atoms with E-state index < -0.39 is 11.0 Å². The van der Waals surface area contributed by atoms with E-state index in [-0.39, 0.29) is 3.89 Å². The molecule has 0 radical (unpaired) electrons. The van der Waals surface area contributed by atoms with Crippen molar-refractivity contribution in [3.63, 3.8) is 0 Å². The van der Waals surface area contributed by atoms with E-state index in [1.807, 2.05) is 43.4 Å². The maximum Gasteiger partial charge on any atom is 0.251 e. The SMILES string of the molecule is C[N+]1(c2ccccc2)COc2c(ccc3c2-c2ccccc2C3)S1=O. The molecule has 0 bridgehead atoms. The third kappa shape index (κ3) is 2.04. The van der Waals surface area contributed by atoms with E-state index in [1.54, 1.807) is 0 Å². The lowest BCUT2D eigenvalue weighted by Gasteiger charge is -2.35. The minimum Gasteiger partial charge on any atom is -0.441 e. The van der Waals surface area contributed by atoms with Crippen molar-refractivity contribution in [3.8, 4) is 16.9 Å². The third-order valence-electron chi connectivity index (χ3n) is 5.19. The molecule has 0 amide bonds. The number of fused-ring (bicyclic) bond motifs is 5. The summed E-state index contributed by atoms with van der Waals surface area (Å²) in [6, 6.07) is 22.4. The summed E-state index contributed by atoms with van der Waals surface area (Å²) in [5, 5.41) is 0. The zero-order chi connectivity index (χ0) is 17.0. The number of para-hydroxylation sites is 1. The summed E-state index contributed by atoms with van der Waals surface area (Å²) in [6.45, 7) is 0.363. The van der Waals surface area contributed by atoms with E-state index in [0.29, 0.717) is 6.73 Å². The fraction of sp³-hybridized carbons (Fsp3) is 0.143. The normalized spacial score (nSPS) is 23.3. The zero-order valence-corrected chi connectivity index (χ0v) is 14.8. The molecule has 1 aliphatic heterocycles. The monoisotopic (exact) mass is 348 g/mol. The van der Waals surface area contributed by atoms with Crippen molar-refractivity contribution in [2.45, 2.75) is 11.3 Å². The van der Waals surface area contributed by atoms with Crippen LogP contribution >= 0.6 is 0 Å². The minimum absolute atomic E-state index is 0.244. The van der Waals surface area contributed by atoms with Crippen LogP contribution in [0.15, 0.2) is 71.6 Å². The fourth-order valence-corrected chi connectivity index (χ4v) is 5.22. The van der Waals surface area contributed by atoms with Gasteiger partial charge in [-0.15, -0.1) is 0 Å². The number of quaternary nitrogens is 1. The van der Waals surface area contributed by atoms with Gasteiger partial charge in [0.2, 0.25) is 6.73 Å². The van der Waals surface area contributed by atoms with Crippen LogP contribution in [0.3, 0.4) is 0 Å². The summed E-state index contributed by atoms with van der Waals surface area (Å²) >= 11 is 0. The van der Waals surface area contributed by atoms with Crippen molar-refractivity contribution >= 4 is 16.7 Å². The summed E-state index contributed by atoms with van der Waals surface area (Å²) in [6.07, 6.45) is 0.916. The predicted molar refractivity (Wildman–Crippen MR) is 101 cm³/mol. The van der Waals surface area contributed by atoms with Crippen LogP contribution in [0.1, 0.15) is 11.1 Å². The number of hydrogen-bond acceptors (Lipinski definition) is 2. The molecule has 2 aliphatic rings. The summed E-state index contributed by atoms with van der Waals surface area (Å²) in [5.41, 5.74) is 5.90. The molecule has 0 saturated carbocycles. The van der Waals surface area contributed by atoms with Crippen LogP contribution in [0.2, 0.25) is 0 Å². The van der Waals surface area contributed by atoms with Gasteiger partial charge in [-0.2, -0.15) is 8.10 Å². The Bertz CT molecular complexity index is 1020. The van der Waals surface area contributed by atoms with Gasteiger partial charge in [-0.3, -0.25) is 0 Å². The van der Waals surface area contributed by atoms with Gasteiger partial charge in [-0.05, 0) is 29.2 Å². The molecule has 0 saturated heterocycles. The Morgan fingerprint density at radius 2 is 1.68 bits per heavy atom. The Balaban J connectivity index is 1.68. The molecule has 2 atom stereocenters. The van der Waals surface area contributed by atoms with Crippen LogP contribution in [0, 0.1) is 0 Å². The Kier molecular flexibility index (Phi) is 3.14. The van der Waals surface area contributed by atoms with Crippen LogP contribution in [0.4, 0.5) is 5.69 Å². The summed E-state index contributed by atoms with van der Waals surface area (Å²) < 4.78 is 19.9. The van der Waals surface area contributed by atoms with Crippen LogP contribution in [0.5, 0.6) is 5.75 Å². The molecular weight excluding hydrogens is 330 g/mol. The molecule has 3 nitrogen and oxygen atoms in total. The predicted octanol–water partition coefficient (Wildman–Crippen LogP) is 4.27. The van der Waals surface area contributed by atoms with E-state index >= 15 is 0 Å². The molecule has 0 N–H and O–H groups in total. The summed E-state index contributed by atoms with van der Waals surface area (Å²) in [4.78, 5) is 0.785. The van der Waals surface area contributed by atoms with Crippen molar-refractivity contribution in [1.29, 1.82) is 0 Å². The van der Waals surface area contributed by atoms with Gasteiger partial charge in [0.05, 0.1) is 7.05 Å². The number of ether oxygens (including phenoxy) is 1. The molecule has 124 valence electrons. The van der Waals surface area contributed by atoms with Crippen molar-refractivity contribution in [1.82, 2.24) is 3.89 Å². The lowest BCUT2D eigenvalue weighted by atomic mass is 10.0. The average Bonchev–Trinajstić information content (AvgIpc) is 3.04. The number of benzene rings is 3. The second-order valence-corrected chi connectivity index (χ2v) is 8.46. The van der Waals surface area contributed by atoms with Gasteiger partial charge in [0.1, 0.15) is 10.6 Å². The smallest absolute Gasteiger partial charge is 0.251 e. The van der Waals surface area contributed by atoms with Crippen molar-refractivity contribution in [3.05, 3.63) is 77.9 Å². The largest absolute Gasteiger partial charge is 0.441 e. The van der Waals surface area contributed by atoms with Crippen LogP contribution in [-0.2, 0) is 17.4 Å². The van der Waals surface area contributed by atoms with Gasteiger partial charge in [0.15, 0.2) is 5.75 Å². The summed E-state index contributed by atoms with van der Waals surface area (Å²) in [5.74, 6) is 0.798. The fourth-order valence-electron chi connectivity index (χ4n) is 3.82. The Morgan fingerprint density at radius 1 is 0.920 bits per heavy atom. The number of hydrogen-bond donors (Lipinski definition) is 0. The van der Waals surface area contributed by atoms with E-state index in [0.717, 1.165) is 28.3 Å². The average molecular weight is 348 g/mol. The maximum absolute atomic E-state index is 13.5. The zero-order valence-electron chi connectivity index (χ0n) is 13.9. The first-order valence-corrected chi connectivity index (χ1v) is 9.50. The molecule has 1 heterocycles. The quantitative estimate of drug-likeness (QED) is 0.480. The second-order valence-electron chi connectivity index (χ2n) is 6.72. The highest BCUT2D eigenvalue weighted by Gasteiger charge is 2.42. The second kappa shape index (κ2) is 5.28. The maximum atomic E-state index is 13.5. The van der Waals surface area contributed by atoms with Crippen LogP contribution < -0.4 is 8.63 Å². The van der Waals surface area contributed by atoms with Gasteiger partial charge in [-0.1, -0.05) is 48.5 Å². The Morgan fingerprint density at radius 3 is 2.52 bits per heavy atom. The molecule has 25 heavy (non-hydrogen) atoms. The van der Waals surface area contributed by atoms with E-state index in [9.17, 15) is 4.21 Å². The van der Waals surface area contributed by atoms with E-state index in [1.165, 1.54) is 16.7 Å². The molecule has 4 heteroatoms. The van der Waals surface area contributed by atoms with Crippen molar-refractivity contribution in [2.75, 3.05) is 13.8 Å². The molecule has 3 aromatic rings. The molecule has 0 fully saturated rings. The highest BCUT2D eigenvalue weighted by molar-refractivity contribution is 7.84. The molecule has 2 unspecified atom stereocenters. The van der Waals surface area contributed by atoms with Crippen molar-refractivity contribution < 1.29 is 8.95 Å². The minimum atomic E-state index is -1.23. The van der Waals surface area contributed by atoms with Crippen LogP contribution in [0.25, 0.3) is 11.1 Å². The van der Waals surface area contributed by atoms with Gasteiger partial charge in [0.25, 0.3) is 11.0 Å². The number of rotatable bonds is 1. The molecule has 3 aromatic carbocycles. The highest BCUT2D eigenvalue weighted by atomic mass is 32.2. The van der Waals surface area contributed by atoms with E-state index in [2.05, 4.69) is 30.3 Å². The molecule has 5 rings (SSSR count). The molecular formula is C21H18NO2S+. The first kappa shape index (κ1) is 14.9. The standard InChI is InChI=1S/C21H18NO2S/c1-22(17-8-3-2-4-9-17)14-24-21-19(25(22)23)12-11-16-13-15-7-5-6-10-18(15)20(16)21/h2-12H,13-14H2,1H3/q+1. The Hall–Kier alpha value is -2.43. The van der Waals surface area contributed by atoms with Gasteiger partial charge < -0.3 is 4.74 Å². The highest BCUT2D eigenvalue weighted by Crippen LogP contribution is 2.48. The topological polar surface area (TPSA) is 26.3 Å². The van der Waals surface area contributed by atoms with Gasteiger partial charge >= 0.3 is 0 Å². The first-order chi connectivity index (χ1) is 12.2. The lowest BCUT2D eigenvalue weighted by Crippen LogP contribution is -2.51. The summed E-state index contributed by atoms with van der Waals surface area (Å²) in [7, 11) is 0.742. The molecule has 0 spiro atoms. The van der Waals surface area contributed by atoms with Crippen molar-refractivity contribution in [2.24, 2.45) is 0 Å². The van der Waals surface area contributed by atoms with Gasteiger partial charge in [-0.25, -0.2) is 0 Å². The molecule has 0 aromatic heterocycles. The Labute approximate surface area is 149 Å². The third-order valence-corrected chi connectivity index (χ3v) is 6.93. The number of nitrogens with zero attached hydrogens (tertiary/aromatic N) is 1. The molecule has 1 aliphatic carbocycles. The first-order valence-electron chi connectivity index (χ1n) is 8.39.